The largest absolute Gasteiger partial charge is 0.449 e. The molecule has 0 saturated heterocycles. The third-order valence-electron chi connectivity index (χ3n) is 5.74. The molecule has 1 atom stereocenters. The average molecular weight is 500 g/mol. The topological polar surface area (TPSA) is 124 Å². The van der Waals surface area contributed by atoms with Gasteiger partial charge in [-0.3, -0.25) is 24.0 Å². The molecule has 2 amide bonds. The lowest BCUT2D eigenvalue weighted by atomic mass is 10.2. The average Bonchev–Trinajstić information content (AvgIpc) is 3.12. The number of carbonyl (C=O) groups is 3. The van der Waals surface area contributed by atoms with Crippen molar-refractivity contribution in [3.63, 3.8) is 0 Å². The van der Waals surface area contributed by atoms with Gasteiger partial charge in [-0.05, 0) is 56.3 Å². The minimum absolute atomic E-state index is 0.0966. The molecular weight excluding hydrogens is 474 g/mol. The first kappa shape index (κ1) is 25.1. The lowest BCUT2D eigenvalue weighted by Crippen LogP contribution is -2.32. The number of amides is 2. The predicted octanol–water partition coefficient (Wildman–Crippen LogP) is 3.32. The van der Waals surface area contributed by atoms with Gasteiger partial charge in [0.2, 0.25) is 0 Å². The number of nitrogens with one attached hydrogen (secondary N) is 2. The zero-order valence-corrected chi connectivity index (χ0v) is 20.5. The van der Waals surface area contributed by atoms with E-state index in [9.17, 15) is 19.2 Å². The minimum atomic E-state index is -1.19. The molecule has 0 aliphatic heterocycles. The third kappa shape index (κ3) is 5.48. The summed E-state index contributed by atoms with van der Waals surface area (Å²) in [5.41, 5.74) is 1.76. The summed E-state index contributed by atoms with van der Waals surface area (Å²) < 4.78 is 8.40. The highest BCUT2D eigenvalue weighted by atomic mass is 16.5. The van der Waals surface area contributed by atoms with Crippen LogP contribution in [0.25, 0.3) is 5.69 Å². The molecule has 4 rings (SSSR count). The van der Waals surface area contributed by atoms with E-state index in [-0.39, 0.29) is 17.2 Å². The van der Waals surface area contributed by atoms with Crippen LogP contribution in [0.15, 0.2) is 83.9 Å². The highest BCUT2D eigenvalue weighted by Crippen LogP contribution is 2.16. The molecule has 188 valence electrons. The van der Waals surface area contributed by atoms with Crippen LogP contribution < -0.4 is 16.2 Å². The van der Waals surface area contributed by atoms with Gasteiger partial charge >= 0.3 is 5.97 Å². The Labute approximate surface area is 212 Å². The van der Waals surface area contributed by atoms with Crippen LogP contribution in [0.4, 0.5) is 11.4 Å². The fourth-order valence-electron chi connectivity index (χ4n) is 3.64. The van der Waals surface area contributed by atoms with E-state index in [0.717, 1.165) is 0 Å². The summed E-state index contributed by atoms with van der Waals surface area (Å²) in [6, 6.07) is 18.4. The Balaban J connectivity index is 1.44. The van der Waals surface area contributed by atoms with Gasteiger partial charge in [-0.1, -0.05) is 24.3 Å². The Bertz CT molecular complexity index is 1510. The number of esters is 1. The van der Waals surface area contributed by atoms with E-state index in [1.165, 1.54) is 29.9 Å². The minimum Gasteiger partial charge on any atom is -0.449 e. The summed E-state index contributed by atoms with van der Waals surface area (Å²) in [5.74, 6) is -1.79. The van der Waals surface area contributed by atoms with E-state index in [1.807, 2.05) is 18.2 Å². The van der Waals surface area contributed by atoms with Crippen LogP contribution in [-0.4, -0.2) is 38.2 Å². The molecule has 2 aromatic carbocycles. The van der Waals surface area contributed by atoms with Gasteiger partial charge in [-0.2, -0.15) is 0 Å². The zero-order valence-electron chi connectivity index (χ0n) is 20.5. The molecule has 0 radical (unpaired) electrons. The Morgan fingerprint density at radius 3 is 2.38 bits per heavy atom. The molecule has 0 fully saturated rings. The van der Waals surface area contributed by atoms with Crippen LogP contribution in [-0.2, 0) is 16.6 Å². The maximum atomic E-state index is 13.0. The number of aromatic nitrogens is 3. The van der Waals surface area contributed by atoms with Crippen molar-refractivity contribution >= 4 is 29.2 Å². The highest BCUT2D eigenvalue weighted by molar-refractivity contribution is 6.04. The molecule has 0 bridgehead atoms. The Hall–Kier alpha value is -4.99. The number of anilines is 2. The van der Waals surface area contributed by atoms with E-state index >= 15 is 0 Å². The number of pyridine rings is 1. The Kier molecular flexibility index (Phi) is 7.28. The summed E-state index contributed by atoms with van der Waals surface area (Å²) in [5, 5.41) is 5.28. The standard InChI is InChI=1S/C27H25N5O5/c1-17-23(26(35)32(31(17)3)22-12-5-4-6-13-22)30-24(33)18(2)37-27(36)19-9-7-11-21(15-19)29-25(34)20-10-8-14-28-16-20/h4-16,18H,1-3H3,(H,29,34)(H,30,33). The number of hydrogen-bond donors (Lipinski definition) is 2. The molecule has 4 aromatic rings. The van der Waals surface area contributed by atoms with Crippen molar-refractivity contribution in [2.75, 3.05) is 10.6 Å². The van der Waals surface area contributed by atoms with Crippen molar-refractivity contribution in [1.82, 2.24) is 14.3 Å². The fraction of sp³-hybridized carbons (Fsp3) is 0.148. The van der Waals surface area contributed by atoms with Crippen LogP contribution in [0.5, 0.6) is 0 Å². The lowest BCUT2D eigenvalue weighted by molar-refractivity contribution is -0.123. The lowest BCUT2D eigenvalue weighted by Gasteiger charge is -2.13. The molecule has 0 spiro atoms. The summed E-state index contributed by atoms with van der Waals surface area (Å²) >= 11 is 0. The maximum Gasteiger partial charge on any atom is 0.338 e. The van der Waals surface area contributed by atoms with Crippen molar-refractivity contribution in [3.05, 3.63) is 106 Å². The van der Waals surface area contributed by atoms with Crippen molar-refractivity contribution in [2.45, 2.75) is 20.0 Å². The quantitative estimate of drug-likeness (QED) is 0.376. The van der Waals surface area contributed by atoms with E-state index in [2.05, 4.69) is 15.6 Å². The van der Waals surface area contributed by atoms with Gasteiger partial charge in [0, 0.05) is 25.1 Å². The van der Waals surface area contributed by atoms with Crippen LogP contribution in [0.2, 0.25) is 0 Å². The maximum absolute atomic E-state index is 13.0. The zero-order chi connectivity index (χ0) is 26.5. The number of ether oxygens (including phenoxy) is 1. The van der Waals surface area contributed by atoms with Gasteiger partial charge in [0.1, 0.15) is 5.69 Å². The molecule has 10 heteroatoms. The molecule has 37 heavy (non-hydrogen) atoms. The second-order valence-corrected chi connectivity index (χ2v) is 8.25. The smallest absolute Gasteiger partial charge is 0.338 e. The number of nitrogens with zero attached hydrogens (tertiary/aromatic N) is 3. The number of para-hydroxylation sites is 1. The van der Waals surface area contributed by atoms with E-state index in [0.29, 0.717) is 22.6 Å². The second-order valence-electron chi connectivity index (χ2n) is 8.25. The first-order chi connectivity index (χ1) is 17.8. The summed E-state index contributed by atoms with van der Waals surface area (Å²) in [4.78, 5) is 54.8. The van der Waals surface area contributed by atoms with E-state index in [4.69, 9.17) is 4.74 Å². The molecule has 0 saturated carbocycles. The van der Waals surface area contributed by atoms with Crippen LogP contribution in [0.3, 0.4) is 0 Å². The number of rotatable bonds is 7. The molecule has 2 heterocycles. The van der Waals surface area contributed by atoms with Crippen LogP contribution in [0.1, 0.15) is 33.3 Å². The van der Waals surface area contributed by atoms with Gasteiger partial charge in [-0.15, -0.1) is 0 Å². The molecule has 10 nitrogen and oxygen atoms in total. The van der Waals surface area contributed by atoms with Crippen molar-refractivity contribution in [3.8, 4) is 5.69 Å². The van der Waals surface area contributed by atoms with Crippen molar-refractivity contribution in [2.24, 2.45) is 7.05 Å². The van der Waals surface area contributed by atoms with Crippen LogP contribution >= 0.6 is 0 Å². The Morgan fingerprint density at radius 1 is 0.946 bits per heavy atom. The summed E-state index contributed by atoms with van der Waals surface area (Å²) in [7, 11) is 1.71. The first-order valence-corrected chi connectivity index (χ1v) is 11.4. The molecule has 2 N–H and O–H groups in total. The number of hydrogen-bond acceptors (Lipinski definition) is 6. The molecular formula is C27H25N5O5. The fourth-order valence-corrected chi connectivity index (χ4v) is 3.64. The van der Waals surface area contributed by atoms with Crippen molar-refractivity contribution in [1.29, 1.82) is 0 Å². The second kappa shape index (κ2) is 10.7. The van der Waals surface area contributed by atoms with Crippen LogP contribution in [0, 0.1) is 6.92 Å². The van der Waals surface area contributed by atoms with Gasteiger partial charge in [0.25, 0.3) is 17.4 Å². The van der Waals surface area contributed by atoms with Gasteiger partial charge < -0.3 is 15.4 Å². The highest BCUT2D eigenvalue weighted by Gasteiger charge is 2.24. The molecule has 0 aliphatic rings. The molecule has 0 aliphatic carbocycles. The predicted molar refractivity (Wildman–Crippen MR) is 138 cm³/mol. The monoisotopic (exact) mass is 499 g/mol. The first-order valence-electron chi connectivity index (χ1n) is 11.4. The third-order valence-corrected chi connectivity index (χ3v) is 5.74. The van der Waals surface area contributed by atoms with Crippen molar-refractivity contribution < 1.29 is 19.1 Å². The summed E-state index contributed by atoms with van der Waals surface area (Å²) in [6.07, 6.45) is 1.80. The number of carbonyl (C=O) groups excluding carboxylic acids is 3. The Morgan fingerprint density at radius 2 is 1.68 bits per heavy atom. The van der Waals surface area contributed by atoms with Gasteiger partial charge in [-0.25, -0.2) is 9.48 Å². The van der Waals surface area contributed by atoms with Gasteiger partial charge in [0.05, 0.1) is 22.5 Å². The van der Waals surface area contributed by atoms with E-state index in [1.54, 1.807) is 61.2 Å². The molecule has 1 unspecified atom stereocenters. The number of benzene rings is 2. The SMILES string of the molecule is Cc1c(NC(=O)C(C)OC(=O)c2cccc(NC(=O)c3cccnc3)c2)c(=O)n(-c2ccccc2)n1C. The normalized spacial score (nSPS) is 11.4. The summed E-state index contributed by atoms with van der Waals surface area (Å²) in [6.45, 7) is 3.12. The molecule has 2 aromatic heterocycles. The van der Waals surface area contributed by atoms with E-state index < -0.39 is 23.5 Å². The van der Waals surface area contributed by atoms with Gasteiger partial charge in [0.15, 0.2) is 6.10 Å².